The third kappa shape index (κ3) is 3.84. The third-order valence-corrected chi connectivity index (χ3v) is 5.64. The van der Waals surface area contributed by atoms with Gasteiger partial charge in [0.25, 0.3) is 0 Å². The number of nitrogens with one attached hydrogen (secondary N) is 1. The molecular weight excluding hydrogens is 392 g/mol. The van der Waals surface area contributed by atoms with E-state index in [0.29, 0.717) is 24.2 Å². The molecule has 1 aliphatic heterocycles. The fraction of sp³-hybridized carbons (Fsp3) is 0.200. The lowest BCUT2D eigenvalue weighted by molar-refractivity contribution is -0.120. The van der Waals surface area contributed by atoms with Gasteiger partial charge in [-0.2, -0.15) is 0 Å². The minimum Gasteiger partial charge on any atom is -0.456 e. The molecule has 0 spiro atoms. The van der Waals surface area contributed by atoms with Gasteiger partial charge in [0, 0.05) is 29.1 Å². The zero-order valence-electron chi connectivity index (χ0n) is 16.9. The number of nitrogens with zero attached hydrogens (tertiary/aromatic N) is 1. The molecule has 6 nitrogen and oxygen atoms in total. The number of ether oxygens (including phenoxy) is 1. The fourth-order valence-corrected chi connectivity index (χ4v) is 4.09. The van der Waals surface area contributed by atoms with Crippen LogP contribution in [0.5, 0.6) is 0 Å². The highest BCUT2D eigenvalue weighted by Gasteiger charge is 2.35. The Hall–Kier alpha value is -3.80. The van der Waals surface area contributed by atoms with Crippen LogP contribution in [0.15, 0.2) is 77.2 Å². The predicted octanol–water partition coefficient (Wildman–Crippen LogP) is 5.33. The van der Waals surface area contributed by atoms with Crippen molar-refractivity contribution >= 4 is 39.6 Å². The number of anilines is 1. The summed E-state index contributed by atoms with van der Waals surface area (Å²) in [5.74, 6) is -0.218. The molecule has 1 atom stereocenters. The molecule has 5 rings (SSSR count). The molecule has 3 aromatic carbocycles. The van der Waals surface area contributed by atoms with Gasteiger partial charge in [0.05, 0.1) is 0 Å². The van der Waals surface area contributed by atoms with Crippen molar-refractivity contribution in [2.24, 2.45) is 0 Å². The zero-order chi connectivity index (χ0) is 21.2. The van der Waals surface area contributed by atoms with E-state index >= 15 is 0 Å². The Bertz CT molecular complexity index is 1250. The lowest BCUT2D eigenvalue weighted by Gasteiger charge is -2.23. The zero-order valence-corrected chi connectivity index (χ0v) is 16.9. The fourth-order valence-electron chi connectivity index (χ4n) is 4.09. The first-order valence-corrected chi connectivity index (χ1v) is 10.4. The highest BCUT2D eigenvalue weighted by Crippen LogP contribution is 2.30. The molecule has 4 aromatic rings. The molecule has 0 bridgehead atoms. The summed E-state index contributed by atoms with van der Waals surface area (Å²) >= 11 is 0. The molecule has 0 unspecified atom stereocenters. The summed E-state index contributed by atoms with van der Waals surface area (Å²) in [7, 11) is 0. The molecule has 2 heterocycles. The normalized spacial score (nSPS) is 16.0. The summed E-state index contributed by atoms with van der Waals surface area (Å²) in [5.41, 5.74) is 3.07. The summed E-state index contributed by atoms with van der Waals surface area (Å²) in [6.45, 7) is 0.696. The molecule has 6 heteroatoms. The molecule has 2 amide bonds. The minimum absolute atomic E-state index is 0.188. The van der Waals surface area contributed by atoms with Crippen LogP contribution in [-0.4, -0.2) is 29.5 Å². The molecule has 1 aromatic heterocycles. The Morgan fingerprint density at radius 1 is 0.968 bits per heavy atom. The van der Waals surface area contributed by atoms with Crippen molar-refractivity contribution in [2.45, 2.75) is 25.5 Å². The van der Waals surface area contributed by atoms with Crippen molar-refractivity contribution in [1.29, 1.82) is 0 Å². The maximum atomic E-state index is 12.9. The predicted molar refractivity (Wildman–Crippen MR) is 119 cm³/mol. The van der Waals surface area contributed by atoms with Crippen LogP contribution >= 0.6 is 0 Å². The number of hydrogen-bond donors (Lipinski definition) is 1. The van der Waals surface area contributed by atoms with E-state index < -0.39 is 12.1 Å². The van der Waals surface area contributed by atoms with E-state index in [1.165, 1.54) is 4.90 Å². The van der Waals surface area contributed by atoms with E-state index in [9.17, 15) is 9.59 Å². The van der Waals surface area contributed by atoms with Crippen LogP contribution in [0, 0.1) is 0 Å². The van der Waals surface area contributed by atoms with Crippen molar-refractivity contribution < 1.29 is 18.7 Å². The van der Waals surface area contributed by atoms with Gasteiger partial charge < -0.3 is 14.5 Å². The number of benzene rings is 3. The summed E-state index contributed by atoms with van der Waals surface area (Å²) in [6.07, 6.45) is 0.912. The van der Waals surface area contributed by atoms with E-state index in [0.717, 1.165) is 28.3 Å². The average molecular weight is 414 g/mol. The Kier molecular flexibility index (Phi) is 5.04. The monoisotopic (exact) mass is 414 g/mol. The number of rotatable bonds is 4. The summed E-state index contributed by atoms with van der Waals surface area (Å²) in [5, 5.41) is 4.97. The number of amides is 2. The van der Waals surface area contributed by atoms with Gasteiger partial charge in [0.1, 0.15) is 23.8 Å². The van der Waals surface area contributed by atoms with Gasteiger partial charge in [-0.25, -0.2) is 4.79 Å². The van der Waals surface area contributed by atoms with Crippen LogP contribution in [0.3, 0.4) is 0 Å². The van der Waals surface area contributed by atoms with Crippen LogP contribution in [0.4, 0.5) is 10.5 Å². The second-order valence-electron chi connectivity index (χ2n) is 7.69. The molecule has 156 valence electrons. The van der Waals surface area contributed by atoms with E-state index in [4.69, 9.17) is 9.15 Å². The lowest BCUT2D eigenvalue weighted by atomic mass is 10.1. The van der Waals surface area contributed by atoms with Gasteiger partial charge in [-0.05, 0) is 36.6 Å². The highest BCUT2D eigenvalue weighted by atomic mass is 16.6. The van der Waals surface area contributed by atoms with E-state index in [-0.39, 0.29) is 12.5 Å². The number of hydrogen-bond acceptors (Lipinski definition) is 4. The third-order valence-electron chi connectivity index (χ3n) is 5.64. The van der Waals surface area contributed by atoms with E-state index in [1.807, 2.05) is 72.8 Å². The summed E-state index contributed by atoms with van der Waals surface area (Å²) < 4.78 is 11.3. The summed E-state index contributed by atoms with van der Waals surface area (Å²) in [4.78, 5) is 27.0. The molecular formula is C25H22N2O4. The van der Waals surface area contributed by atoms with Gasteiger partial charge in [0.2, 0.25) is 5.91 Å². The van der Waals surface area contributed by atoms with Gasteiger partial charge in [-0.15, -0.1) is 0 Å². The van der Waals surface area contributed by atoms with Gasteiger partial charge in [-0.1, -0.05) is 48.5 Å². The van der Waals surface area contributed by atoms with Crippen LogP contribution in [0.2, 0.25) is 0 Å². The first kappa shape index (κ1) is 19.2. The van der Waals surface area contributed by atoms with Crippen molar-refractivity contribution in [2.75, 3.05) is 11.9 Å². The van der Waals surface area contributed by atoms with Crippen LogP contribution in [0.25, 0.3) is 21.9 Å². The number of para-hydroxylation sites is 1. The molecule has 0 radical (unpaired) electrons. The number of carbonyl (C=O) groups excluding carboxylic acids is 2. The van der Waals surface area contributed by atoms with Gasteiger partial charge in [-0.3, -0.25) is 9.69 Å². The molecule has 31 heavy (non-hydrogen) atoms. The van der Waals surface area contributed by atoms with Crippen molar-refractivity contribution in [1.82, 2.24) is 4.90 Å². The molecule has 1 saturated heterocycles. The topological polar surface area (TPSA) is 71.8 Å². The molecule has 1 aliphatic rings. The van der Waals surface area contributed by atoms with Crippen molar-refractivity contribution in [3.05, 3.63) is 78.4 Å². The quantitative estimate of drug-likeness (QED) is 0.490. The average Bonchev–Trinajstić information content (AvgIpc) is 3.43. The Balaban J connectivity index is 1.27. The summed E-state index contributed by atoms with van der Waals surface area (Å²) in [6, 6.07) is 22.4. The van der Waals surface area contributed by atoms with Gasteiger partial charge >= 0.3 is 6.09 Å². The SMILES string of the molecule is O=C(Nc1ccc2c(c1)oc1ccccc12)[C@@H]1CCCN1C(=O)OCc1ccccc1. The largest absolute Gasteiger partial charge is 0.456 e. The second-order valence-corrected chi connectivity index (χ2v) is 7.69. The molecule has 1 fully saturated rings. The first-order chi connectivity index (χ1) is 15.2. The first-order valence-electron chi connectivity index (χ1n) is 10.4. The Morgan fingerprint density at radius 3 is 2.61 bits per heavy atom. The van der Waals surface area contributed by atoms with Crippen molar-refractivity contribution in [3.8, 4) is 0 Å². The van der Waals surface area contributed by atoms with Gasteiger partial charge in [0.15, 0.2) is 0 Å². The number of furan rings is 1. The second kappa shape index (κ2) is 8.14. The minimum atomic E-state index is -0.547. The van der Waals surface area contributed by atoms with Crippen LogP contribution in [0.1, 0.15) is 18.4 Å². The number of carbonyl (C=O) groups is 2. The number of likely N-dealkylation sites (tertiary alicyclic amines) is 1. The van der Waals surface area contributed by atoms with E-state index in [1.54, 1.807) is 0 Å². The van der Waals surface area contributed by atoms with Crippen LogP contribution in [-0.2, 0) is 16.1 Å². The Morgan fingerprint density at radius 2 is 1.74 bits per heavy atom. The van der Waals surface area contributed by atoms with E-state index in [2.05, 4.69) is 5.32 Å². The molecule has 0 aliphatic carbocycles. The smallest absolute Gasteiger partial charge is 0.410 e. The lowest BCUT2D eigenvalue weighted by Crippen LogP contribution is -2.43. The molecule has 1 N–H and O–H groups in total. The molecule has 0 saturated carbocycles. The Labute approximate surface area is 179 Å². The van der Waals surface area contributed by atoms with Crippen molar-refractivity contribution in [3.63, 3.8) is 0 Å². The highest BCUT2D eigenvalue weighted by molar-refractivity contribution is 6.06. The number of fused-ring (bicyclic) bond motifs is 3. The van der Waals surface area contributed by atoms with Crippen LogP contribution < -0.4 is 5.32 Å². The maximum absolute atomic E-state index is 12.9. The maximum Gasteiger partial charge on any atom is 0.410 e. The standard InChI is InChI=1S/C25H22N2O4/c28-24(21-10-6-14-27(21)25(29)30-16-17-7-2-1-3-8-17)26-18-12-13-20-19-9-4-5-11-22(19)31-23(20)15-18/h1-5,7-9,11-13,15,21H,6,10,14,16H2,(H,26,28)/t21-/m0/s1.